The van der Waals surface area contributed by atoms with Crippen LogP contribution in [-0.2, 0) is 20.9 Å². The first-order valence-electron chi connectivity index (χ1n) is 6.52. The highest BCUT2D eigenvalue weighted by Crippen LogP contribution is 2.23. The molecule has 0 unspecified atom stereocenters. The summed E-state index contributed by atoms with van der Waals surface area (Å²) < 4.78 is 5.76. The van der Waals surface area contributed by atoms with Gasteiger partial charge in [0.2, 0.25) is 6.41 Å². The molecule has 2 N–H and O–H groups in total. The molecule has 1 amide bonds. The first-order valence-corrected chi connectivity index (χ1v) is 6.52. The Morgan fingerprint density at radius 2 is 1.80 bits per heavy atom. The monoisotopic (exact) mass is 280 g/mol. The molecule has 0 aromatic heterocycles. The molecule has 0 saturated heterocycles. The van der Waals surface area contributed by atoms with Gasteiger partial charge in [-0.15, -0.1) is 0 Å². The van der Waals surface area contributed by atoms with Crippen molar-refractivity contribution in [3.8, 4) is 0 Å². The highest BCUT2D eigenvalue weighted by Gasteiger charge is 2.28. The number of rotatable bonds is 5. The molecule has 0 bridgehead atoms. The van der Waals surface area contributed by atoms with Crippen molar-refractivity contribution < 1.29 is 14.3 Å². The molecule has 0 heterocycles. The summed E-state index contributed by atoms with van der Waals surface area (Å²) in [5, 5.41) is 5.50. The van der Waals surface area contributed by atoms with E-state index < -0.39 is 0 Å². The molecule has 1 aromatic carbocycles. The minimum atomic E-state index is 0.465. The van der Waals surface area contributed by atoms with Crippen LogP contribution in [0.2, 0.25) is 0 Å². The van der Waals surface area contributed by atoms with Gasteiger partial charge in [-0.05, 0) is 25.5 Å². The van der Waals surface area contributed by atoms with Gasteiger partial charge >= 0.3 is 0 Å². The van der Waals surface area contributed by atoms with E-state index in [-0.39, 0.29) is 0 Å². The molecule has 5 nitrogen and oxygen atoms in total. The van der Waals surface area contributed by atoms with Gasteiger partial charge in [-0.2, -0.15) is 0 Å². The van der Waals surface area contributed by atoms with Gasteiger partial charge in [-0.3, -0.25) is 4.79 Å². The smallest absolute Gasteiger partial charge is 0.206 e. The molecule has 0 spiro atoms. The molecular formula is C15H24N2O3. The number of amides is 1. The Hall–Kier alpha value is -1.72. The minimum absolute atomic E-state index is 0.465. The average molecular weight is 280 g/mol. The molecule has 112 valence electrons. The standard InChI is InChI=1S/C12H17NO.C2H5NO.CH2O/c1-13-11-7-12(8-11)14-9-10-5-3-2-4-6-10;1-3-2-4;1-2/h2-6,11-13H,7-9H2,1H3;2H,1H3,(H,3,4);1H2. The zero-order valence-electron chi connectivity index (χ0n) is 12.2. The van der Waals surface area contributed by atoms with Crippen molar-refractivity contribution in [2.75, 3.05) is 14.1 Å². The fraction of sp³-hybridized carbons (Fsp3) is 0.467. The second-order valence-electron chi connectivity index (χ2n) is 4.28. The molecule has 5 heteroatoms. The molecule has 0 radical (unpaired) electrons. The number of ether oxygens (including phenoxy) is 1. The molecule has 1 aliphatic carbocycles. The van der Waals surface area contributed by atoms with Crippen LogP contribution in [0.25, 0.3) is 0 Å². The Balaban J connectivity index is 0.000000521. The summed E-state index contributed by atoms with van der Waals surface area (Å²) in [5.41, 5.74) is 1.26. The Kier molecular flexibility index (Phi) is 11.3. The fourth-order valence-electron chi connectivity index (χ4n) is 1.73. The maximum Gasteiger partial charge on any atom is 0.206 e. The first kappa shape index (κ1) is 18.3. The minimum Gasteiger partial charge on any atom is -0.373 e. The normalized spacial score (nSPS) is 19.3. The van der Waals surface area contributed by atoms with Crippen LogP contribution in [0.1, 0.15) is 18.4 Å². The summed E-state index contributed by atoms with van der Waals surface area (Å²) in [4.78, 5) is 17.1. The first-order chi connectivity index (χ1) is 9.80. The van der Waals surface area contributed by atoms with E-state index in [1.807, 2.05) is 19.9 Å². The Morgan fingerprint density at radius 3 is 2.25 bits per heavy atom. The molecule has 0 atom stereocenters. The van der Waals surface area contributed by atoms with Crippen molar-refractivity contribution >= 4 is 13.2 Å². The van der Waals surface area contributed by atoms with E-state index in [4.69, 9.17) is 14.3 Å². The zero-order chi connectivity index (χ0) is 15.2. The van der Waals surface area contributed by atoms with Gasteiger partial charge in [0.15, 0.2) is 0 Å². The third-order valence-electron chi connectivity index (χ3n) is 2.95. The van der Waals surface area contributed by atoms with Crippen molar-refractivity contribution in [3.63, 3.8) is 0 Å². The fourth-order valence-corrected chi connectivity index (χ4v) is 1.73. The largest absolute Gasteiger partial charge is 0.373 e. The van der Waals surface area contributed by atoms with Gasteiger partial charge in [-0.25, -0.2) is 0 Å². The van der Waals surface area contributed by atoms with Gasteiger partial charge in [0.25, 0.3) is 0 Å². The van der Waals surface area contributed by atoms with Crippen LogP contribution < -0.4 is 10.6 Å². The van der Waals surface area contributed by atoms with Crippen LogP contribution in [0.5, 0.6) is 0 Å². The maximum atomic E-state index is 9.06. The molecule has 20 heavy (non-hydrogen) atoms. The van der Waals surface area contributed by atoms with E-state index >= 15 is 0 Å². The lowest BCUT2D eigenvalue weighted by Crippen LogP contribution is -2.43. The summed E-state index contributed by atoms with van der Waals surface area (Å²) in [7, 11) is 3.57. The number of benzene rings is 1. The van der Waals surface area contributed by atoms with Gasteiger partial charge in [0.05, 0.1) is 12.7 Å². The van der Waals surface area contributed by atoms with E-state index in [1.54, 1.807) is 7.05 Å². The summed E-state index contributed by atoms with van der Waals surface area (Å²) >= 11 is 0. The van der Waals surface area contributed by atoms with Gasteiger partial charge in [0, 0.05) is 13.1 Å². The number of carbonyl (C=O) groups excluding carboxylic acids is 2. The Labute approximate surface area is 120 Å². The van der Waals surface area contributed by atoms with Crippen LogP contribution in [0.4, 0.5) is 0 Å². The molecule has 1 aliphatic rings. The van der Waals surface area contributed by atoms with Crippen LogP contribution >= 0.6 is 0 Å². The van der Waals surface area contributed by atoms with Gasteiger partial charge in [-0.1, -0.05) is 30.3 Å². The summed E-state index contributed by atoms with van der Waals surface area (Å²) in [6, 6.07) is 11.0. The van der Waals surface area contributed by atoms with Crippen molar-refractivity contribution in [1.82, 2.24) is 10.6 Å². The van der Waals surface area contributed by atoms with Crippen LogP contribution in [-0.4, -0.2) is 39.4 Å². The van der Waals surface area contributed by atoms with E-state index in [2.05, 4.69) is 34.9 Å². The van der Waals surface area contributed by atoms with Gasteiger partial charge < -0.3 is 20.2 Å². The Bertz CT molecular complexity index is 340. The van der Waals surface area contributed by atoms with Crippen LogP contribution in [0.3, 0.4) is 0 Å². The van der Waals surface area contributed by atoms with E-state index in [0.717, 1.165) is 19.4 Å². The molecule has 1 fully saturated rings. The van der Waals surface area contributed by atoms with E-state index in [9.17, 15) is 0 Å². The Morgan fingerprint density at radius 1 is 1.25 bits per heavy atom. The lowest BCUT2D eigenvalue weighted by atomic mass is 9.89. The van der Waals surface area contributed by atoms with Gasteiger partial charge in [0.1, 0.15) is 6.79 Å². The topological polar surface area (TPSA) is 67.4 Å². The van der Waals surface area contributed by atoms with Crippen molar-refractivity contribution in [2.45, 2.75) is 31.6 Å². The number of nitrogens with one attached hydrogen (secondary N) is 2. The van der Waals surface area contributed by atoms with Crippen molar-refractivity contribution in [1.29, 1.82) is 0 Å². The highest BCUT2D eigenvalue weighted by molar-refractivity contribution is 5.44. The van der Waals surface area contributed by atoms with Crippen molar-refractivity contribution in [2.24, 2.45) is 0 Å². The predicted molar refractivity (Wildman–Crippen MR) is 79.3 cm³/mol. The van der Waals surface area contributed by atoms with Crippen molar-refractivity contribution in [3.05, 3.63) is 35.9 Å². The molecule has 1 aromatic rings. The average Bonchev–Trinajstić information content (AvgIpc) is 2.49. The lowest BCUT2D eigenvalue weighted by molar-refractivity contribution is -0.109. The lowest BCUT2D eigenvalue weighted by Gasteiger charge is -2.34. The summed E-state index contributed by atoms with van der Waals surface area (Å²) in [6.45, 7) is 2.75. The van der Waals surface area contributed by atoms with E-state index in [0.29, 0.717) is 18.6 Å². The van der Waals surface area contributed by atoms with Crippen LogP contribution in [0, 0.1) is 0 Å². The second kappa shape index (κ2) is 12.3. The molecule has 1 saturated carbocycles. The SMILES string of the molecule is C=O.CNC1CC(OCc2ccccc2)C1.CNC=O. The van der Waals surface area contributed by atoms with E-state index in [1.165, 1.54) is 5.56 Å². The predicted octanol–water partition coefficient (Wildman–Crippen LogP) is 1.13. The molecule has 0 aliphatic heterocycles. The molecule has 2 rings (SSSR count). The second-order valence-corrected chi connectivity index (χ2v) is 4.28. The quantitative estimate of drug-likeness (QED) is 0.794. The number of hydrogen-bond acceptors (Lipinski definition) is 4. The third-order valence-corrected chi connectivity index (χ3v) is 2.95. The summed E-state index contributed by atoms with van der Waals surface area (Å²) in [5.74, 6) is 0. The molecular weight excluding hydrogens is 256 g/mol. The summed E-state index contributed by atoms with van der Waals surface area (Å²) in [6.07, 6.45) is 3.40. The highest BCUT2D eigenvalue weighted by atomic mass is 16.5. The number of carbonyl (C=O) groups is 2. The van der Waals surface area contributed by atoms with Crippen LogP contribution in [0.15, 0.2) is 30.3 Å². The zero-order valence-corrected chi connectivity index (χ0v) is 12.2. The number of hydrogen-bond donors (Lipinski definition) is 2. The maximum absolute atomic E-state index is 9.06. The third kappa shape index (κ3) is 7.66.